The van der Waals surface area contributed by atoms with Crippen LogP contribution in [0.1, 0.15) is 55.9 Å². The van der Waals surface area contributed by atoms with Crippen molar-refractivity contribution in [2.24, 2.45) is 0 Å². The van der Waals surface area contributed by atoms with E-state index in [-0.39, 0.29) is 17.7 Å². The third kappa shape index (κ3) is 3.26. The third-order valence-corrected chi connectivity index (χ3v) is 5.78. The largest absolute Gasteiger partial charge is 0.444 e. The van der Waals surface area contributed by atoms with Crippen LogP contribution in [0, 0.1) is 6.92 Å². The Balaban J connectivity index is 1.78. The van der Waals surface area contributed by atoms with Crippen LogP contribution in [0.15, 0.2) is 6.07 Å². The maximum Gasteiger partial charge on any atom is 0.410 e. The first-order valence-electron chi connectivity index (χ1n) is 8.44. The second-order valence-electron chi connectivity index (χ2n) is 7.76. The summed E-state index contributed by atoms with van der Waals surface area (Å²) in [7, 11) is 0. The summed E-state index contributed by atoms with van der Waals surface area (Å²) in [6.07, 6.45) is 2.49. The van der Waals surface area contributed by atoms with Crippen molar-refractivity contribution in [2.75, 3.05) is 13.2 Å². The van der Waals surface area contributed by atoms with Gasteiger partial charge in [-0.1, -0.05) is 0 Å². The first-order valence-corrected chi connectivity index (χ1v) is 9.25. The lowest BCUT2D eigenvalue weighted by Crippen LogP contribution is -2.53. The van der Waals surface area contributed by atoms with Gasteiger partial charge in [0.25, 0.3) is 0 Å². The van der Waals surface area contributed by atoms with Gasteiger partial charge in [-0.3, -0.25) is 0 Å². The van der Waals surface area contributed by atoms with E-state index in [0.29, 0.717) is 6.54 Å². The number of piperidine rings is 1. The van der Waals surface area contributed by atoms with Gasteiger partial charge in [-0.15, -0.1) is 11.3 Å². The van der Waals surface area contributed by atoms with E-state index in [1.54, 1.807) is 0 Å². The lowest BCUT2D eigenvalue weighted by atomic mass is 9.79. The third-order valence-electron chi connectivity index (χ3n) is 4.67. The Hall–Kier alpha value is -1.07. The maximum absolute atomic E-state index is 12.4. The number of amides is 1. The molecule has 128 valence electrons. The van der Waals surface area contributed by atoms with Gasteiger partial charge < -0.3 is 14.4 Å². The zero-order valence-electron chi connectivity index (χ0n) is 14.8. The average Bonchev–Trinajstić information content (AvgIpc) is 2.79. The van der Waals surface area contributed by atoms with Crippen LogP contribution in [0.2, 0.25) is 0 Å². The number of ether oxygens (including phenoxy) is 2. The standard InChI is InChI=1S/C18H27NO3S/c1-12-11-18(7-8-19(12)16(20)22-17(3,4)5)14-10-13(2)23-15(14)6-9-21-18/h10,12H,6-9,11H2,1-5H3/t12-,18-/m1/s1. The molecular weight excluding hydrogens is 310 g/mol. The van der Waals surface area contributed by atoms with Gasteiger partial charge in [0.05, 0.1) is 12.2 Å². The second-order valence-corrected chi connectivity index (χ2v) is 9.10. The van der Waals surface area contributed by atoms with E-state index in [2.05, 4.69) is 19.9 Å². The lowest BCUT2D eigenvalue weighted by molar-refractivity contribution is -0.110. The molecule has 0 bridgehead atoms. The van der Waals surface area contributed by atoms with Crippen LogP contribution in [-0.2, 0) is 21.5 Å². The predicted octanol–water partition coefficient (Wildman–Crippen LogP) is 4.24. The summed E-state index contributed by atoms with van der Waals surface area (Å²) in [4.78, 5) is 17.1. The zero-order valence-corrected chi connectivity index (χ0v) is 15.6. The number of aryl methyl sites for hydroxylation is 1. The molecule has 1 amide bonds. The van der Waals surface area contributed by atoms with Gasteiger partial charge in [-0.05, 0) is 52.7 Å². The lowest BCUT2D eigenvalue weighted by Gasteiger charge is -2.47. The summed E-state index contributed by atoms with van der Waals surface area (Å²) in [5, 5.41) is 0. The van der Waals surface area contributed by atoms with Crippen molar-refractivity contribution < 1.29 is 14.3 Å². The summed E-state index contributed by atoms with van der Waals surface area (Å²) in [6.45, 7) is 11.5. The molecule has 1 aromatic heterocycles. The summed E-state index contributed by atoms with van der Waals surface area (Å²) in [6, 6.07) is 2.40. The van der Waals surface area contributed by atoms with E-state index in [1.807, 2.05) is 37.0 Å². The van der Waals surface area contributed by atoms with Gasteiger partial charge in [0.1, 0.15) is 5.60 Å². The smallest absolute Gasteiger partial charge is 0.410 e. The van der Waals surface area contributed by atoms with Crippen LogP contribution in [0.5, 0.6) is 0 Å². The number of nitrogens with zero attached hydrogens (tertiary/aromatic N) is 1. The first kappa shape index (κ1) is 16.8. The van der Waals surface area contributed by atoms with Crippen molar-refractivity contribution in [1.82, 2.24) is 4.90 Å². The zero-order chi connectivity index (χ0) is 16.8. The van der Waals surface area contributed by atoms with E-state index in [0.717, 1.165) is 25.9 Å². The number of hydrogen-bond donors (Lipinski definition) is 0. The van der Waals surface area contributed by atoms with E-state index < -0.39 is 5.60 Å². The number of hydrogen-bond acceptors (Lipinski definition) is 4. The molecule has 1 saturated heterocycles. The highest BCUT2D eigenvalue weighted by molar-refractivity contribution is 7.12. The average molecular weight is 337 g/mol. The topological polar surface area (TPSA) is 38.8 Å². The molecule has 3 rings (SSSR count). The Morgan fingerprint density at radius 2 is 2.22 bits per heavy atom. The van der Waals surface area contributed by atoms with Crippen LogP contribution >= 0.6 is 11.3 Å². The first-order chi connectivity index (χ1) is 10.7. The van der Waals surface area contributed by atoms with Crippen molar-refractivity contribution in [3.8, 4) is 0 Å². The van der Waals surface area contributed by atoms with Crippen LogP contribution in [0.3, 0.4) is 0 Å². The molecule has 3 heterocycles. The summed E-state index contributed by atoms with van der Waals surface area (Å²) >= 11 is 1.89. The Morgan fingerprint density at radius 1 is 1.48 bits per heavy atom. The highest BCUT2D eigenvalue weighted by atomic mass is 32.1. The molecule has 2 aliphatic heterocycles. The molecule has 1 aromatic rings. The minimum absolute atomic E-state index is 0.116. The van der Waals surface area contributed by atoms with Crippen molar-refractivity contribution in [3.05, 3.63) is 21.4 Å². The van der Waals surface area contributed by atoms with E-state index in [4.69, 9.17) is 9.47 Å². The molecule has 0 radical (unpaired) electrons. The highest BCUT2D eigenvalue weighted by Gasteiger charge is 2.46. The van der Waals surface area contributed by atoms with Crippen LogP contribution in [0.25, 0.3) is 0 Å². The summed E-state index contributed by atoms with van der Waals surface area (Å²) in [5.74, 6) is 0. The summed E-state index contributed by atoms with van der Waals surface area (Å²) in [5.41, 5.74) is 0.697. The maximum atomic E-state index is 12.4. The van der Waals surface area contributed by atoms with Gasteiger partial charge in [-0.2, -0.15) is 0 Å². The van der Waals surface area contributed by atoms with Crippen molar-refractivity contribution >= 4 is 17.4 Å². The number of likely N-dealkylation sites (tertiary alicyclic amines) is 1. The van der Waals surface area contributed by atoms with Gasteiger partial charge in [0, 0.05) is 35.2 Å². The molecule has 2 atom stereocenters. The number of carbonyl (C=O) groups excluding carboxylic acids is 1. The normalized spacial score (nSPS) is 27.9. The Labute approximate surface area is 142 Å². The minimum Gasteiger partial charge on any atom is -0.444 e. The molecule has 0 saturated carbocycles. The molecule has 1 fully saturated rings. The molecule has 1 spiro atoms. The van der Waals surface area contributed by atoms with E-state index >= 15 is 0 Å². The molecule has 0 N–H and O–H groups in total. The predicted molar refractivity (Wildman–Crippen MR) is 92.0 cm³/mol. The molecular formula is C18H27NO3S. The highest BCUT2D eigenvalue weighted by Crippen LogP contribution is 2.46. The van der Waals surface area contributed by atoms with Crippen LogP contribution in [-0.4, -0.2) is 35.8 Å². The number of rotatable bonds is 0. The quantitative estimate of drug-likeness (QED) is 0.710. The SMILES string of the molecule is Cc1cc2c(s1)CCO[C@@]21CCN(C(=O)OC(C)(C)C)[C@H](C)C1. The van der Waals surface area contributed by atoms with Gasteiger partial charge in [0.15, 0.2) is 0 Å². The van der Waals surface area contributed by atoms with Crippen molar-refractivity contribution in [3.63, 3.8) is 0 Å². The number of carbonyl (C=O) groups is 1. The fourth-order valence-electron chi connectivity index (χ4n) is 3.73. The molecule has 2 aliphatic rings. The minimum atomic E-state index is -0.453. The number of fused-ring (bicyclic) bond motifs is 2. The Kier molecular flexibility index (Phi) is 4.21. The fourth-order valence-corrected chi connectivity index (χ4v) is 4.83. The van der Waals surface area contributed by atoms with E-state index in [9.17, 15) is 4.79 Å². The molecule has 0 aromatic carbocycles. The van der Waals surface area contributed by atoms with Gasteiger partial charge >= 0.3 is 6.09 Å². The molecule has 23 heavy (non-hydrogen) atoms. The molecule has 0 aliphatic carbocycles. The fraction of sp³-hybridized carbons (Fsp3) is 0.722. The molecule has 5 heteroatoms. The van der Waals surface area contributed by atoms with Crippen molar-refractivity contribution in [2.45, 2.75) is 71.1 Å². The van der Waals surface area contributed by atoms with Gasteiger partial charge in [0.2, 0.25) is 0 Å². The number of thiophene rings is 1. The van der Waals surface area contributed by atoms with Gasteiger partial charge in [-0.25, -0.2) is 4.79 Å². The molecule has 0 unspecified atom stereocenters. The Bertz CT molecular complexity index is 604. The van der Waals surface area contributed by atoms with E-state index in [1.165, 1.54) is 15.3 Å². The van der Waals surface area contributed by atoms with Crippen LogP contribution in [0.4, 0.5) is 4.79 Å². The Morgan fingerprint density at radius 3 is 2.87 bits per heavy atom. The summed E-state index contributed by atoms with van der Waals surface area (Å²) < 4.78 is 11.8. The van der Waals surface area contributed by atoms with Crippen molar-refractivity contribution in [1.29, 1.82) is 0 Å². The second kappa shape index (κ2) is 5.78. The molecule has 4 nitrogen and oxygen atoms in total. The van der Waals surface area contributed by atoms with Crippen LogP contribution < -0.4 is 0 Å². The monoisotopic (exact) mass is 337 g/mol.